The van der Waals surface area contributed by atoms with Crippen LogP contribution in [0.25, 0.3) is 0 Å². The van der Waals surface area contributed by atoms with Gasteiger partial charge in [0.1, 0.15) is 5.75 Å². The molecule has 0 radical (unpaired) electrons. The Bertz CT molecular complexity index is 764. The first kappa shape index (κ1) is 14.6. The third-order valence-electron chi connectivity index (χ3n) is 4.28. The SMILES string of the molecule is O=c1sc2c(n1CCCOc1ccc3c(c1)OCO3)CCCC2. The quantitative estimate of drug-likeness (QED) is 0.789. The van der Waals surface area contributed by atoms with E-state index in [0.717, 1.165) is 43.1 Å². The van der Waals surface area contributed by atoms with E-state index in [9.17, 15) is 4.79 Å². The van der Waals surface area contributed by atoms with Gasteiger partial charge in [-0.25, -0.2) is 0 Å². The molecule has 0 unspecified atom stereocenters. The molecule has 23 heavy (non-hydrogen) atoms. The van der Waals surface area contributed by atoms with Gasteiger partial charge in [0.25, 0.3) is 0 Å². The number of nitrogens with zero attached hydrogens (tertiary/aromatic N) is 1. The van der Waals surface area contributed by atoms with Crippen molar-refractivity contribution in [2.75, 3.05) is 13.4 Å². The maximum absolute atomic E-state index is 12.1. The molecule has 1 aliphatic heterocycles. The summed E-state index contributed by atoms with van der Waals surface area (Å²) in [6.45, 7) is 1.58. The van der Waals surface area contributed by atoms with Gasteiger partial charge in [-0.05, 0) is 44.2 Å². The lowest BCUT2D eigenvalue weighted by atomic mass is 10.0. The van der Waals surface area contributed by atoms with Gasteiger partial charge in [-0.2, -0.15) is 0 Å². The predicted molar refractivity (Wildman–Crippen MR) is 87.9 cm³/mol. The van der Waals surface area contributed by atoms with Crippen molar-refractivity contribution in [3.05, 3.63) is 38.4 Å². The van der Waals surface area contributed by atoms with Gasteiger partial charge in [-0.3, -0.25) is 4.79 Å². The highest BCUT2D eigenvalue weighted by Gasteiger charge is 2.18. The number of thiazole rings is 1. The van der Waals surface area contributed by atoms with Crippen LogP contribution in [0.2, 0.25) is 0 Å². The topological polar surface area (TPSA) is 49.7 Å². The monoisotopic (exact) mass is 333 g/mol. The lowest BCUT2D eigenvalue weighted by molar-refractivity contribution is 0.173. The minimum Gasteiger partial charge on any atom is -0.493 e. The van der Waals surface area contributed by atoms with Crippen molar-refractivity contribution in [2.24, 2.45) is 0 Å². The number of benzene rings is 1. The summed E-state index contributed by atoms with van der Waals surface area (Å²) in [5.74, 6) is 2.26. The molecule has 1 aromatic heterocycles. The Morgan fingerprint density at radius 1 is 1.17 bits per heavy atom. The van der Waals surface area contributed by atoms with E-state index in [-0.39, 0.29) is 11.7 Å². The van der Waals surface area contributed by atoms with Gasteiger partial charge in [0.15, 0.2) is 11.5 Å². The molecule has 0 fully saturated rings. The zero-order valence-electron chi connectivity index (χ0n) is 12.9. The average molecular weight is 333 g/mol. The van der Waals surface area contributed by atoms with Crippen LogP contribution in [0.15, 0.2) is 23.0 Å². The van der Waals surface area contributed by atoms with E-state index in [1.807, 2.05) is 22.8 Å². The second-order valence-electron chi connectivity index (χ2n) is 5.81. The van der Waals surface area contributed by atoms with Crippen LogP contribution in [0, 0.1) is 0 Å². The van der Waals surface area contributed by atoms with Gasteiger partial charge in [0.05, 0.1) is 6.61 Å². The molecule has 0 N–H and O–H groups in total. The van der Waals surface area contributed by atoms with Crippen molar-refractivity contribution in [2.45, 2.75) is 38.6 Å². The van der Waals surface area contributed by atoms with E-state index < -0.39 is 0 Å². The summed E-state index contributed by atoms with van der Waals surface area (Å²) in [5, 5.41) is 0. The summed E-state index contributed by atoms with van der Waals surface area (Å²) in [7, 11) is 0. The third-order valence-corrected chi connectivity index (χ3v) is 5.37. The smallest absolute Gasteiger partial charge is 0.307 e. The van der Waals surface area contributed by atoms with Crippen LogP contribution in [-0.4, -0.2) is 18.0 Å². The molecule has 0 saturated heterocycles. The molecule has 0 amide bonds. The molecular formula is C17H19NO4S. The van der Waals surface area contributed by atoms with Gasteiger partial charge in [-0.15, -0.1) is 0 Å². The van der Waals surface area contributed by atoms with Crippen molar-refractivity contribution in [1.82, 2.24) is 4.57 Å². The molecule has 122 valence electrons. The Hall–Kier alpha value is -1.95. The normalized spacial score (nSPS) is 15.5. The Morgan fingerprint density at radius 3 is 3.00 bits per heavy atom. The number of ether oxygens (including phenoxy) is 3. The summed E-state index contributed by atoms with van der Waals surface area (Å²) >= 11 is 1.42. The van der Waals surface area contributed by atoms with E-state index in [2.05, 4.69) is 0 Å². The van der Waals surface area contributed by atoms with Crippen LogP contribution < -0.4 is 19.1 Å². The Balaban J connectivity index is 1.34. The molecule has 4 rings (SSSR count). The lowest BCUT2D eigenvalue weighted by Gasteiger charge is -2.14. The highest BCUT2D eigenvalue weighted by molar-refractivity contribution is 7.09. The summed E-state index contributed by atoms with van der Waals surface area (Å²) in [4.78, 5) is 13.6. The van der Waals surface area contributed by atoms with Gasteiger partial charge in [-0.1, -0.05) is 11.3 Å². The fourth-order valence-corrected chi connectivity index (χ4v) is 4.23. The molecule has 2 heterocycles. The van der Waals surface area contributed by atoms with Crippen molar-refractivity contribution < 1.29 is 14.2 Å². The maximum atomic E-state index is 12.1. The lowest BCUT2D eigenvalue weighted by Crippen LogP contribution is -2.18. The molecule has 1 aromatic carbocycles. The fourth-order valence-electron chi connectivity index (χ4n) is 3.13. The van der Waals surface area contributed by atoms with Crippen molar-refractivity contribution in [1.29, 1.82) is 0 Å². The third kappa shape index (κ3) is 2.95. The molecule has 1 aliphatic carbocycles. The Kier molecular flexibility index (Phi) is 3.99. The molecule has 6 heteroatoms. The molecule has 0 spiro atoms. The first-order chi connectivity index (χ1) is 11.3. The first-order valence-corrected chi connectivity index (χ1v) is 8.87. The molecule has 2 aromatic rings. The zero-order valence-corrected chi connectivity index (χ0v) is 13.7. The van der Waals surface area contributed by atoms with E-state index in [0.29, 0.717) is 6.61 Å². The van der Waals surface area contributed by atoms with Crippen LogP contribution >= 0.6 is 11.3 Å². The van der Waals surface area contributed by atoms with Crippen LogP contribution in [0.4, 0.5) is 0 Å². The molecule has 0 saturated carbocycles. The standard InChI is InChI=1S/C17H19NO4S/c19-17-18(13-4-1-2-5-16(13)23-17)8-3-9-20-12-6-7-14-15(10-12)22-11-21-14/h6-7,10H,1-5,8-9,11H2. The summed E-state index contributed by atoms with van der Waals surface area (Å²) in [6.07, 6.45) is 5.32. The predicted octanol–water partition coefficient (Wildman–Crippen LogP) is 2.99. The number of aromatic nitrogens is 1. The Morgan fingerprint density at radius 2 is 2.04 bits per heavy atom. The van der Waals surface area contributed by atoms with Gasteiger partial charge < -0.3 is 18.8 Å². The van der Waals surface area contributed by atoms with Crippen LogP contribution in [0.3, 0.4) is 0 Å². The number of aryl methyl sites for hydroxylation is 1. The molecular weight excluding hydrogens is 314 g/mol. The summed E-state index contributed by atoms with van der Waals surface area (Å²) < 4.78 is 18.3. The van der Waals surface area contributed by atoms with Gasteiger partial charge in [0, 0.05) is 23.2 Å². The van der Waals surface area contributed by atoms with Crippen molar-refractivity contribution >= 4 is 11.3 Å². The van der Waals surface area contributed by atoms with E-state index in [1.54, 1.807) is 0 Å². The average Bonchev–Trinajstić information content (AvgIpc) is 3.15. The van der Waals surface area contributed by atoms with Gasteiger partial charge in [0.2, 0.25) is 6.79 Å². The number of hydrogen-bond donors (Lipinski definition) is 0. The van der Waals surface area contributed by atoms with Crippen LogP contribution in [0.5, 0.6) is 17.2 Å². The minimum absolute atomic E-state index is 0.181. The molecule has 0 bridgehead atoms. The molecule has 2 aliphatic rings. The number of hydrogen-bond acceptors (Lipinski definition) is 5. The largest absolute Gasteiger partial charge is 0.493 e. The fraction of sp³-hybridized carbons (Fsp3) is 0.471. The molecule has 0 atom stereocenters. The van der Waals surface area contributed by atoms with E-state index in [1.165, 1.54) is 34.7 Å². The summed E-state index contributed by atoms with van der Waals surface area (Å²) in [6, 6.07) is 5.59. The first-order valence-electron chi connectivity index (χ1n) is 8.05. The highest BCUT2D eigenvalue weighted by Crippen LogP contribution is 2.35. The van der Waals surface area contributed by atoms with Crippen molar-refractivity contribution in [3.8, 4) is 17.2 Å². The van der Waals surface area contributed by atoms with E-state index >= 15 is 0 Å². The van der Waals surface area contributed by atoms with Gasteiger partial charge >= 0.3 is 4.87 Å². The zero-order chi connectivity index (χ0) is 15.6. The van der Waals surface area contributed by atoms with Crippen molar-refractivity contribution in [3.63, 3.8) is 0 Å². The number of rotatable bonds is 5. The van der Waals surface area contributed by atoms with E-state index in [4.69, 9.17) is 14.2 Å². The summed E-state index contributed by atoms with van der Waals surface area (Å²) in [5.41, 5.74) is 1.26. The van der Waals surface area contributed by atoms with Crippen LogP contribution in [0.1, 0.15) is 29.8 Å². The highest BCUT2D eigenvalue weighted by atomic mass is 32.1. The number of fused-ring (bicyclic) bond motifs is 2. The Labute approximate surface area is 138 Å². The maximum Gasteiger partial charge on any atom is 0.307 e. The second-order valence-corrected chi connectivity index (χ2v) is 6.86. The second kappa shape index (κ2) is 6.28. The minimum atomic E-state index is 0.181. The van der Waals surface area contributed by atoms with Crippen LogP contribution in [-0.2, 0) is 19.4 Å². The molecule has 5 nitrogen and oxygen atoms in total.